The van der Waals surface area contributed by atoms with E-state index in [9.17, 15) is 14.4 Å². The van der Waals surface area contributed by atoms with E-state index < -0.39 is 6.04 Å². The van der Waals surface area contributed by atoms with E-state index in [2.05, 4.69) is 20.4 Å². The number of hydrogen-bond donors (Lipinski definition) is 0. The summed E-state index contributed by atoms with van der Waals surface area (Å²) in [6.45, 7) is 8.09. The van der Waals surface area contributed by atoms with Gasteiger partial charge in [0.15, 0.2) is 0 Å². The predicted molar refractivity (Wildman–Crippen MR) is 113 cm³/mol. The summed E-state index contributed by atoms with van der Waals surface area (Å²) in [5.74, 6) is -0.492. The van der Waals surface area contributed by atoms with Crippen LogP contribution in [0.25, 0.3) is 0 Å². The van der Waals surface area contributed by atoms with Crippen molar-refractivity contribution < 1.29 is 14.4 Å². The molecule has 1 saturated heterocycles. The van der Waals surface area contributed by atoms with Gasteiger partial charge in [-0.15, -0.1) is 6.58 Å². The minimum Gasteiger partial charge on any atom is -0.326 e. The Morgan fingerprint density at radius 1 is 1.14 bits per heavy atom. The number of nitrogens with zero attached hydrogens (tertiary/aromatic N) is 2. The van der Waals surface area contributed by atoms with Crippen molar-refractivity contribution in [1.29, 1.82) is 0 Å². The molecular weight excluding hydrogens is 364 g/mol. The van der Waals surface area contributed by atoms with Crippen LogP contribution in [0.1, 0.15) is 37.3 Å². The Kier molecular flexibility index (Phi) is 6.27. The van der Waals surface area contributed by atoms with E-state index in [0.29, 0.717) is 11.6 Å². The highest BCUT2D eigenvalue weighted by atomic mass is 16.2. The molecule has 0 N–H and O–H groups in total. The van der Waals surface area contributed by atoms with Crippen molar-refractivity contribution in [1.82, 2.24) is 4.90 Å². The molecule has 3 rings (SSSR count). The minimum atomic E-state index is -0.804. The van der Waals surface area contributed by atoms with Crippen LogP contribution in [0.15, 0.2) is 67.3 Å². The van der Waals surface area contributed by atoms with Crippen LogP contribution in [-0.2, 0) is 20.8 Å². The van der Waals surface area contributed by atoms with Crippen molar-refractivity contribution in [2.24, 2.45) is 0 Å². The Morgan fingerprint density at radius 3 is 2.38 bits per heavy atom. The van der Waals surface area contributed by atoms with Crippen molar-refractivity contribution >= 4 is 23.4 Å². The van der Waals surface area contributed by atoms with Gasteiger partial charge in [0.25, 0.3) is 5.91 Å². The first-order valence-corrected chi connectivity index (χ1v) is 9.83. The van der Waals surface area contributed by atoms with Crippen molar-refractivity contribution in [2.45, 2.75) is 38.6 Å². The molecule has 0 spiro atoms. The Hall–Kier alpha value is -3.21. The number of hydrogen-bond acceptors (Lipinski definition) is 3. The van der Waals surface area contributed by atoms with Gasteiger partial charge in [0.1, 0.15) is 6.04 Å². The Morgan fingerprint density at radius 2 is 1.79 bits per heavy atom. The predicted octanol–water partition coefficient (Wildman–Crippen LogP) is 3.70. The molecule has 1 heterocycles. The molecule has 3 amide bonds. The van der Waals surface area contributed by atoms with E-state index in [1.807, 2.05) is 42.5 Å². The van der Waals surface area contributed by atoms with E-state index >= 15 is 0 Å². The SMILES string of the molecule is C=CCN(C(=O)Cc1ccccc1)C1CC(=O)N(c2ccc(C(C)C)cc2)C1=O. The first-order chi connectivity index (χ1) is 13.9. The van der Waals surface area contributed by atoms with Gasteiger partial charge in [0, 0.05) is 6.54 Å². The average molecular weight is 390 g/mol. The second-order valence-electron chi connectivity index (χ2n) is 7.53. The Balaban J connectivity index is 1.81. The molecule has 1 aliphatic rings. The highest BCUT2D eigenvalue weighted by molar-refractivity contribution is 6.23. The molecule has 5 nitrogen and oxygen atoms in total. The van der Waals surface area contributed by atoms with E-state index in [4.69, 9.17) is 0 Å². The summed E-state index contributed by atoms with van der Waals surface area (Å²) in [5.41, 5.74) is 2.54. The number of amides is 3. The lowest BCUT2D eigenvalue weighted by Gasteiger charge is -2.26. The average Bonchev–Trinajstić information content (AvgIpc) is 3.00. The monoisotopic (exact) mass is 390 g/mol. The van der Waals surface area contributed by atoms with Crippen molar-refractivity contribution in [3.63, 3.8) is 0 Å². The van der Waals surface area contributed by atoms with Gasteiger partial charge in [0.2, 0.25) is 11.8 Å². The molecule has 150 valence electrons. The standard InChI is InChI=1S/C24H26N2O3/c1-4-14-25(22(27)15-18-8-6-5-7-9-18)21-16-23(28)26(24(21)29)20-12-10-19(11-13-20)17(2)3/h4-13,17,21H,1,14-16H2,2-3H3. The second kappa shape index (κ2) is 8.86. The lowest BCUT2D eigenvalue weighted by molar-refractivity contribution is -0.137. The topological polar surface area (TPSA) is 57.7 Å². The number of anilines is 1. The summed E-state index contributed by atoms with van der Waals surface area (Å²) in [4.78, 5) is 41.3. The fraction of sp³-hybridized carbons (Fsp3) is 0.292. The summed E-state index contributed by atoms with van der Waals surface area (Å²) in [5, 5.41) is 0. The summed E-state index contributed by atoms with van der Waals surface area (Å²) in [7, 11) is 0. The zero-order chi connectivity index (χ0) is 21.0. The molecule has 1 atom stereocenters. The largest absolute Gasteiger partial charge is 0.326 e. The highest BCUT2D eigenvalue weighted by Gasteiger charge is 2.43. The van der Waals surface area contributed by atoms with Gasteiger partial charge in [-0.25, -0.2) is 4.90 Å². The van der Waals surface area contributed by atoms with Crippen LogP contribution in [0.4, 0.5) is 5.69 Å². The number of benzene rings is 2. The highest BCUT2D eigenvalue weighted by Crippen LogP contribution is 2.27. The molecule has 2 aromatic rings. The zero-order valence-corrected chi connectivity index (χ0v) is 16.9. The molecule has 0 saturated carbocycles. The Labute approximate surface area is 171 Å². The van der Waals surface area contributed by atoms with Crippen LogP contribution in [0, 0.1) is 0 Å². The lowest BCUT2D eigenvalue weighted by atomic mass is 10.0. The summed E-state index contributed by atoms with van der Waals surface area (Å²) < 4.78 is 0. The van der Waals surface area contributed by atoms with Gasteiger partial charge in [-0.05, 0) is 29.2 Å². The van der Waals surface area contributed by atoms with Crippen LogP contribution in [0.2, 0.25) is 0 Å². The van der Waals surface area contributed by atoms with Crippen LogP contribution in [-0.4, -0.2) is 35.2 Å². The third kappa shape index (κ3) is 4.45. The van der Waals surface area contributed by atoms with Crippen LogP contribution in [0.5, 0.6) is 0 Å². The molecule has 1 aliphatic heterocycles. The van der Waals surface area contributed by atoms with Crippen molar-refractivity contribution in [3.05, 3.63) is 78.4 Å². The van der Waals surface area contributed by atoms with Crippen LogP contribution in [0.3, 0.4) is 0 Å². The second-order valence-corrected chi connectivity index (χ2v) is 7.53. The van der Waals surface area contributed by atoms with Gasteiger partial charge in [-0.2, -0.15) is 0 Å². The molecule has 0 aromatic heterocycles. The Bertz CT molecular complexity index is 903. The van der Waals surface area contributed by atoms with Gasteiger partial charge in [-0.3, -0.25) is 14.4 Å². The molecule has 0 bridgehead atoms. The first kappa shape index (κ1) is 20.5. The summed E-state index contributed by atoms with van der Waals surface area (Å²) >= 11 is 0. The summed E-state index contributed by atoms with van der Waals surface area (Å²) in [6, 6.07) is 16.0. The summed E-state index contributed by atoms with van der Waals surface area (Å²) in [6.07, 6.45) is 1.75. The molecule has 2 aromatic carbocycles. The number of rotatable bonds is 7. The van der Waals surface area contributed by atoms with Crippen molar-refractivity contribution in [3.8, 4) is 0 Å². The maximum Gasteiger partial charge on any atom is 0.257 e. The number of imide groups is 1. The third-order valence-electron chi connectivity index (χ3n) is 5.16. The van der Waals surface area contributed by atoms with Gasteiger partial charge >= 0.3 is 0 Å². The van der Waals surface area contributed by atoms with E-state index in [0.717, 1.165) is 11.1 Å². The number of carbonyl (C=O) groups is 3. The molecule has 1 unspecified atom stereocenters. The van der Waals surface area contributed by atoms with Gasteiger partial charge in [0.05, 0.1) is 18.5 Å². The van der Waals surface area contributed by atoms with Gasteiger partial charge in [-0.1, -0.05) is 62.4 Å². The zero-order valence-electron chi connectivity index (χ0n) is 16.9. The molecule has 0 aliphatic carbocycles. The lowest BCUT2D eigenvalue weighted by Crippen LogP contribution is -2.46. The van der Waals surface area contributed by atoms with E-state index in [1.165, 1.54) is 9.80 Å². The van der Waals surface area contributed by atoms with E-state index in [1.54, 1.807) is 18.2 Å². The maximum absolute atomic E-state index is 13.1. The molecule has 5 heteroatoms. The van der Waals surface area contributed by atoms with E-state index in [-0.39, 0.29) is 37.1 Å². The molecule has 0 radical (unpaired) electrons. The number of carbonyl (C=O) groups excluding carboxylic acids is 3. The smallest absolute Gasteiger partial charge is 0.257 e. The van der Waals surface area contributed by atoms with Crippen LogP contribution >= 0.6 is 0 Å². The third-order valence-corrected chi connectivity index (χ3v) is 5.16. The first-order valence-electron chi connectivity index (χ1n) is 9.83. The quantitative estimate of drug-likeness (QED) is 0.535. The minimum absolute atomic E-state index is 0.0147. The maximum atomic E-state index is 13.1. The van der Waals surface area contributed by atoms with Gasteiger partial charge < -0.3 is 4.90 Å². The fourth-order valence-corrected chi connectivity index (χ4v) is 3.55. The normalized spacial score (nSPS) is 16.4. The fourth-order valence-electron chi connectivity index (χ4n) is 3.55. The van der Waals surface area contributed by atoms with Crippen LogP contribution < -0.4 is 4.90 Å². The van der Waals surface area contributed by atoms with Crippen molar-refractivity contribution in [2.75, 3.05) is 11.4 Å². The molecular formula is C24H26N2O3. The molecule has 29 heavy (non-hydrogen) atoms. The molecule has 1 fully saturated rings.